The lowest BCUT2D eigenvalue weighted by molar-refractivity contribution is -0.125. The minimum atomic E-state index is -3.35. The van der Waals surface area contributed by atoms with Gasteiger partial charge in [-0.1, -0.05) is 20.8 Å². The molecule has 154 valence electrons. The quantitative estimate of drug-likeness (QED) is 0.652. The van der Waals surface area contributed by atoms with Crippen LogP contribution in [0, 0.1) is 11.8 Å². The van der Waals surface area contributed by atoms with Crippen LogP contribution in [-0.2, 0) is 14.8 Å². The Morgan fingerprint density at radius 2 is 2.07 bits per heavy atom. The second-order valence-corrected chi connectivity index (χ2v) is 9.08. The van der Waals surface area contributed by atoms with Crippen LogP contribution in [0.15, 0.2) is 18.7 Å². The molecule has 2 aromatic heterocycles. The van der Waals surface area contributed by atoms with Crippen molar-refractivity contribution in [3.63, 3.8) is 0 Å². The van der Waals surface area contributed by atoms with Crippen molar-refractivity contribution in [3.8, 4) is 0 Å². The van der Waals surface area contributed by atoms with Crippen LogP contribution >= 0.6 is 0 Å². The van der Waals surface area contributed by atoms with Gasteiger partial charge in [0.1, 0.15) is 6.33 Å². The molecule has 2 aromatic rings. The maximum atomic E-state index is 12.6. The van der Waals surface area contributed by atoms with Gasteiger partial charge in [0.05, 0.1) is 11.7 Å². The summed E-state index contributed by atoms with van der Waals surface area (Å²) in [6.07, 6.45) is 5.07. The molecule has 11 heteroatoms. The van der Waals surface area contributed by atoms with E-state index < -0.39 is 10.0 Å². The maximum Gasteiger partial charge on any atom is 0.225 e. The van der Waals surface area contributed by atoms with Gasteiger partial charge >= 0.3 is 0 Å². The van der Waals surface area contributed by atoms with E-state index in [1.165, 1.54) is 4.31 Å². The molecule has 1 aliphatic rings. The van der Waals surface area contributed by atoms with E-state index in [2.05, 4.69) is 20.5 Å². The van der Waals surface area contributed by atoms with E-state index in [-0.39, 0.29) is 30.0 Å². The van der Waals surface area contributed by atoms with Crippen molar-refractivity contribution in [2.75, 3.05) is 43.4 Å². The Balaban J connectivity index is 1.60. The van der Waals surface area contributed by atoms with E-state index in [1.807, 2.05) is 11.8 Å². The lowest BCUT2D eigenvalue weighted by Gasteiger charge is -2.19. The number of hydrogen-bond donors (Lipinski definition) is 1. The number of hydrogen-bond acceptors (Lipinski definition) is 7. The average molecular weight is 410 g/mol. The maximum absolute atomic E-state index is 12.6. The van der Waals surface area contributed by atoms with Crippen molar-refractivity contribution < 1.29 is 13.2 Å². The number of carbonyl (C=O) groups excluding carboxylic acids is 1. The van der Waals surface area contributed by atoms with Crippen molar-refractivity contribution in [1.82, 2.24) is 29.2 Å². The van der Waals surface area contributed by atoms with Crippen LogP contribution in [0.1, 0.15) is 20.8 Å². The summed E-state index contributed by atoms with van der Waals surface area (Å²) in [6, 6.07) is 0. The predicted molar refractivity (Wildman–Crippen MR) is 105 cm³/mol. The molecule has 0 aliphatic carbocycles. The van der Waals surface area contributed by atoms with Crippen LogP contribution in [0.5, 0.6) is 0 Å². The molecule has 2 atom stereocenters. The molecule has 1 saturated heterocycles. The average Bonchev–Trinajstić information content (AvgIpc) is 3.28. The summed E-state index contributed by atoms with van der Waals surface area (Å²) in [4.78, 5) is 19.1. The molecular formula is C17H27N7O3S. The zero-order valence-corrected chi connectivity index (χ0v) is 17.3. The first-order valence-corrected chi connectivity index (χ1v) is 11.1. The minimum absolute atomic E-state index is 0.0914. The first kappa shape index (κ1) is 20.5. The summed E-state index contributed by atoms with van der Waals surface area (Å²) >= 11 is 0. The third kappa shape index (κ3) is 4.09. The Bertz CT molecular complexity index is 926. The van der Waals surface area contributed by atoms with Crippen molar-refractivity contribution in [2.24, 2.45) is 11.8 Å². The normalized spacial score (nSPS) is 20.2. The van der Waals surface area contributed by atoms with Gasteiger partial charge in [0.2, 0.25) is 21.6 Å². The molecule has 0 aromatic carbocycles. The van der Waals surface area contributed by atoms with Crippen molar-refractivity contribution in [2.45, 2.75) is 20.8 Å². The van der Waals surface area contributed by atoms with E-state index in [0.29, 0.717) is 37.6 Å². The molecule has 3 rings (SSSR count). The first-order valence-electron chi connectivity index (χ1n) is 9.52. The molecule has 0 spiro atoms. The molecule has 0 unspecified atom stereocenters. The van der Waals surface area contributed by atoms with Gasteiger partial charge in [-0.3, -0.25) is 9.20 Å². The summed E-state index contributed by atoms with van der Waals surface area (Å²) in [5.74, 6) is 0.362. The molecule has 1 fully saturated rings. The number of anilines is 1. The van der Waals surface area contributed by atoms with Gasteiger partial charge in [0, 0.05) is 45.1 Å². The highest BCUT2D eigenvalue weighted by atomic mass is 32.2. The Morgan fingerprint density at radius 1 is 1.32 bits per heavy atom. The molecule has 28 heavy (non-hydrogen) atoms. The number of carbonyl (C=O) groups is 1. The smallest absolute Gasteiger partial charge is 0.225 e. The lowest BCUT2D eigenvalue weighted by atomic mass is 9.97. The van der Waals surface area contributed by atoms with Gasteiger partial charge in [-0.05, 0) is 5.92 Å². The second kappa shape index (κ2) is 8.39. The highest BCUT2D eigenvalue weighted by molar-refractivity contribution is 7.89. The third-order valence-corrected chi connectivity index (χ3v) is 7.23. The van der Waals surface area contributed by atoms with Crippen LogP contribution < -0.4 is 10.2 Å². The molecule has 10 nitrogen and oxygen atoms in total. The fraction of sp³-hybridized carbons (Fsp3) is 0.647. The Morgan fingerprint density at radius 3 is 2.79 bits per heavy atom. The number of rotatable bonds is 8. The van der Waals surface area contributed by atoms with E-state index in [9.17, 15) is 13.2 Å². The van der Waals surface area contributed by atoms with E-state index >= 15 is 0 Å². The first-order chi connectivity index (χ1) is 13.4. The number of nitrogens with one attached hydrogen (secondary N) is 1. The molecule has 0 bridgehead atoms. The number of sulfonamides is 1. The largest absolute Gasteiger partial charge is 0.355 e. The molecule has 1 N–H and O–H groups in total. The lowest BCUT2D eigenvalue weighted by Crippen LogP contribution is -2.40. The highest BCUT2D eigenvalue weighted by Gasteiger charge is 2.36. The van der Waals surface area contributed by atoms with Crippen molar-refractivity contribution in [3.05, 3.63) is 18.7 Å². The Labute approximate surface area is 165 Å². The summed E-state index contributed by atoms with van der Waals surface area (Å²) in [7, 11) is -3.35. The Kier molecular flexibility index (Phi) is 6.14. The zero-order valence-electron chi connectivity index (χ0n) is 16.4. The molecule has 3 heterocycles. The highest BCUT2D eigenvalue weighted by Crippen LogP contribution is 2.28. The molecule has 0 radical (unpaired) electrons. The number of aromatic nitrogens is 4. The summed E-state index contributed by atoms with van der Waals surface area (Å²) in [5, 5.41) is 10.8. The van der Waals surface area contributed by atoms with E-state index in [0.717, 1.165) is 0 Å². The third-order valence-electron chi connectivity index (χ3n) is 5.20. The van der Waals surface area contributed by atoms with Crippen LogP contribution in [0.4, 0.5) is 5.82 Å². The molecule has 1 aliphatic heterocycles. The van der Waals surface area contributed by atoms with Crippen molar-refractivity contribution >= 4 is 27.4 Å². The Hall–Kier alpha value is -2.27. The standard InChI is InChI=1S/C17H27N7O3S/c1-4-24(5-2)28(26,27)9-7-19-17(25)14-11-23(10-13(14)3)15-16-21-20-12-22(16)8-6-18-15/h6,8,12-14H,4-5,7,9-11H2,1-3H3,(H,19,25)/t13-,14+/m1/s1. The fourth-order valence-electron chi connectivity index (χ4n) is 3.63. The number of fused-ring (bicyclic) bond motifs is 1. The number of nitrogens with zero attached hydrogens (tertiary/aromatic N) is 6. The van der Waals surface area contributed by atoms with Crippen LogP contribution in [0.3, 0.4) is 0 Å². The monoisotopic (exact) mass is 409 g/mol. The summed E-state index contributed by atoms with van der Waals surface area (Å²) in [6.45, 7) is 7.78. The van der Waals surface area contributed by atoms with Crippen LogP contribution in [0.25, 0.3) is 5.65 Å². The van der Waals surface area contributed by atoms with Gasteiger partial charge in [-0.25, -0.2) is 17.7 Å². The zero-order chi connectivity index (χ0) is 20.3. The van der Waals surface area contributed by atoms with Gasteiger partial charge in [0.25, 0.3) is 0 Å². The molecule has 1 amide bonds. The SMILES string of the molecule is CCN(CC)S(=O)(=O)CCNC(=O)[C@H]1CN(c2nccn3cnnc23)C[C@H]1C. The van der Waals surface area contributed by atoms with E-state index in [4.69, 9.17) is 0 Å². The molecular weight excluding hydrogens is 382 g/mol. The van der Waals surface area contributed by atoms with Crippen LogP contribution in [0.2, 0.25) is 0 Å². The number of amides is 1. The van der Waals surface area contributed by atoms with Gasteiger partial charge < -0.3 is 10.2 Å². The molecule has 0 saturated carbocycles. The van der Waals surface area contributed by atoms with Gasteiger partial charge in [-0.15, -0.1) is 10.2 Å². The van der Waals surface area contributed by atoms with E-state index in [1.54, 1.807) is 37.0 Å². The fourth-order valence-corrected chi connectivity index (χ4v) is 5.03. The van der Waals surface area contributed by atoms with Crippen molar-refractivity contribution in [1.29, 1.82) is 0 Å². The topological polar surface area (TPSA) is 113 Å². The van der Waals surface area contributed by atoms with Crippen LogP contribution in [-0.4, -0.2) is 76.7 Å². The van der Waals surface area contributed by atoms with Gasteiger partial charge in [0.15, 0.2) is 5.82 Å². The minimum Gasteiger partial charge on any atom is -0.355 e. The second-order valence-electron chi connectivity index (χ2n) is 6.99. The predicted octanol–water partition coefficient (Wildman–Crippen LogP) is -0.0156. The summed E-state index contributed by atoms with van der Waals surface area (Å²) in [5.41, 5.74) is 0.654. The van der Waals surface area contributed by atoms with Gasteiger partial charge in [-0.2, -0.15) is 0 Å². The summed E-state index contributed by atoms with van der Waals surface area (Å²) < 4.78 is 27.7.